The quantitative estimate of drug-likeness (QED) is 0.0358. The van der Waals surface area contributed by atoms with Crippen LogP contribution in [0.15, 0.2) is 48.0 Å². The molecule has 3 rings (SSSR count). The van der Waals surface area contributed by atoms with E-state index in [2.05, 4.69) is 105 Å². The zero-order chi connectivity index (χ0) is 64.0. The summed E-state index contributed by atoms with van der Waals surface area (Å²) in [7, 11) is 0. The number of aryl methyl sites for hydroxylation is 4. The molecule has 1 aliphatic rings. The van der Waals surface area contributed by atoms with Gasteiger partial charge in [-0.3, -0.25) is 0 Å². The molecule has 0 amide bonds. The van der Waals surface area contributed by atoms with E-state index >= 15 is 0 Å². The van der Waals surface area contributed by atoms with Gasteiger partial charge < -0.3 is 5.53 Å². The number of unbranched alkanes of at least 4 members (excludes halogenated alkanes) is 49. The average Bonchev–Trinajstić information content (AvgIpc) is 3.41. The Kier molecular flexibility index (Phi) is 59.2. The number of rotatable bonds is 65. The van der Waals surface area contributed by atoms with Crippen LogP contribution in [0.2, 0.25) is 10.8 Å². The van der Waals surface area contributed by atoms with Crippen LogP contribution in [-0.2, 0) is 40.1 Å². The molecule has 0 spiro atoms. The molecule has 0 aliphatic carbocycles. The van der Waals surface area contributed by atoms with Gasteiger partial charge in [0.2, 0.25) is 11.4 Å². The van der Waals surface area contributed by atoms with E-state index in [0.29, 0.717) is 0 Å². The molecule has 0 unspecified atom stereocenters. The second kappa shape index (κ2) is 63.4. The van der Waals surface area contributed by atoms with Gasteiger partial charge in [-0.05, 0) is 111 Å². The summed E-state index contributed by atoms with van der Waals surface area (Å²) in [5, 5.41) is 2.87. The van der Waals surface area contributed by atoms with Crippen molar-refractivity contribution < 1.29 is 19.1 Å². The Bertz CT molecular complexity index is 1890. The van der Waals surface area contributed by atoms with Gasteiger partial charge in [0.1, 0.15) is 0 Å². The zero-order valence-corrected chi connectivity index (χ0v) is 62.3. The van der Waals surface area contributed by atoms with E-state index in [4.69, 9.17) is 0 Å². The summed E-state index contributed by atoms with van der Waals surface area (Å²) >= 11 is 2.05. The van der Waals surface area contributed by atoms with Crippen LogP contribution in [0.5, 0.6) is 0 Å². The maximum absolute atomic E-state index is 11.9. The molecule has 0 saturated carbocycles. The zero-order valence-electron chi connectivity index (χ0n) is 61.3. The fraction of sp³-hybridized carbons (Fsp3) is 0.814. The summed E-state index contributed by atoms with van der Waals surface area (Å²) in [5.74, 6) is 0. The van der Waals surface area contributed by atoms with Gasteiger partial charge in [0, 0.05) is 22.8 Å². The van der Waals surface area contributed by atoms with E-state index < -0.39 is 0 Å². The van der Waals surface area contributed by atoms with E-state index in [1.165, 1.54) is 396 Å². The Balaban J connectivity index is 0.000000609. The van der Waals surface area contributed by atoms with Crippen molar-refractivity contribution in [2.24, 2.45) is 0 Å². The molecule has 1 heterocycles. The van der Waals surface area contributed by atoms with E-state index in [1.807, 2.05) is 0 Å². The van der Waals surface area contributed by atoms with Crippen molar-refractivity contribution in [3.8, 4) is 0 Å². The van der Waals surface area contributed by atoms with E-state index in [-0.39, 0.29) is 0 Å². The molecule has 2 aromatic carbocycles. The van der Waals surface area contributed by atoms with Gasteiger partial charge in [-0.2, -0.15) is 0 Å². The molecule has 2 aromatic rings. The van der Waals surface area contributed by atoms with Gasteiger partial charge in [-0.25, -0.2) is 4.70 Å². The van der Waals surface area contributed by atoms with Crippen LogP contribution in [-0.4, -0.2) is 4.70 Å². The molecule has 518 valence electrons. The number of nitrogens with zero attached hydrogens (tertiary/aromatic N) is 2. The van der Waals surface area contributed by atoms with Crippen LogP contribution < -0.4 is 0 Å². The number of hydrogen-bond acceptors (Lipinski definition) is 0. The Morgan fingerprint density at radius 2 is 0.472 bits per heavy atom. The number of benzene rings is 2. The Morgan fingerprint density at radius 1 is 0.247 bits per heavy atom. The molecule has 3 heteroatoms. The summed E-state index contributed by atoms with van der Waals surface area (Å²) in [4.78, 5) is 0. The van der Waals surface area contributed by atoms with Crippen molar-refractivity contribution in [1.82, 2.24) is 0 Å². The second-order valence-corrected chi connectivity index (χ2v) is 29.8. The summed E-state index contributed by atoms with van der Waals surface area (Å²) in [6.07, 6.45) is 87.3. The van der Waals surface area contributed by atoms with Crippen LogP contribution in [0.25, 0.3) is 16.9 Å². The molecule has 0 fully saturated rings. The molecule has 0 atom stereocenters. The van der Waals surface area contributed by atoms with Crippen LogP contribution in [0, 0.1) is 0 Å². The standard InChI is InChI=1S/C40H60N2.2C23H47.Ni/c1-6-11-16-18-22-34-25-32(20-13-8-3)27-37(28-34)39-31-36(24-15-10-5)40(42(39)41)38-29-33(21-14-9-4)26-35(30-38)23-19-17-12-7-2;2*1-3-5-7-9-11-13-15-17-19-21-23-22-20-18-16-14-12-10-8-6-4-2;/h25-31H,6-24H2,1-5H3;2*1,3-23H2,2H3;. The van der Waals surface area contributed by atoms with Gasteiger partial charge in [0.25, 0.3) is 0 Å². The second-order valence-electron chi connectivity index (χ2n) is 28.3. The molecule has 0 bridgehead atoms. The minimum atomic E-state index is 0.952. The van der Waals surface area contributed by atoms with Gasteiger partial charge in [-0.1, -0.05) is 247 Å². The Labute approximate surface area is 564 Å². The molecule has 2 nitrogen and oxygen atoms in total. The molecule has 0 aromatic heterocycles. The van der Waals surface area contributed by atoms with E-state index in [1.54, 1.807) is 4.70 Å². The van der Waals surface area contributed by atoms with Crippen molar-refractivity contribution in [2.75, 3.05) is 0 Å². The third-order valence-electron chi connectivity index (χ3n) is 19.5. The average molecular weight is 1270 g/mol. The van der Waals surface area contributed by atoms with Crippen molar-refractivity contribution in [3.05, 3.63) is 87.0 Å². The van der Waals surface area contributed by atoms with Crippen molar-refractivity contribution in [1.29, 1.82) is 0 Å². The van der Waals surface area contributed by atoms with Crippen LogP contribution in [0.1, 0.15) is 448 Å². The molecule has 0 radical (unpaired) electrons. The summed E-state index contributed by atoms with van der Waals surface area (Å²) in [6, 6.07) is 14.3. The van der Waals surface area contributed by atoms with Gasteiger partial charge in [0.05, 0.1) is 0 Å². The molecule has 0 N–H and O–H groups in total. The first-order chi connectivity index (χ1) is 44.0. The fourth-order valence-corrected chi connectivity index (χ4v) is 14.8. The predicted octanol–water partition coefficient (Wildman–Crippen LogP) is 30.9. The summed E-state index contributed by atoms with van der Waals surface area (Å²) in [5.41, 5.74) is 23.2. The van der Waals surface area contributed by atoms with Gasteiger partial charge in [0.15, 0.2) is 0 Å². The third kappa shape index (κ3) is 46.7. The summed E-state index contributed by atoms with van der Waals surface area (Å²) < 4.78 is 1.55. The monoisotopic (exact) mass is 1270 g/mol. The molecule has 89 heavy (non-hydrogen) atoms. The van der Waals surface area contributed by atoms with Crippen molar-refractivity contribution in [2.45, 2.75) is 451 Å². The first kappa shape index (κ1) is 83.1. The van der Waals surface area contributed by atoms with Crippen molar-refractivity contribution >= 4 is 11.4 Å². The summed E-state index contributed by atoms with van der Waals surface area (Å²) in [6.45, 7) is 16.0. The van der Waals surface area contributed by atoms with Crippen LogP contribution in [0.4, 0.5) is 0 Å². The number of hydrogen-bond donors (Lipinski definition) is 0. The molecular formula is C86H154N2Ni. The van der Waals surface area contributed by atoms with Crippen LogP contribution >= 0.6 is 0 Å². The molecule has 1 aliphatic heterocycles. The van der Waals surface area contributed by atoms with Crippen LogP contribution in [0.3, 0.4) is 0 Å². The Morgan fingerprint density at radius 3 is 0.753 bits per heavy atom. The molecule has 0 saturated heterocycles. The van der Waals surface area contributed by atoms with E-state index in [0.717, 1.165) is 56.3 Å². The van der Waals surface area contributed by atoms with Gasteiger partial charge >= 0.3 is 166 Å². The SMILES string of the molecule is CCCCCCCCCCCCCCCCCCCCCC[CH2][Ni][CH2]CCCCCCCCCCCCCCCCCCCCCC.CCCCCCc1cc(CCCC)cc(C2=CC(CCCC)=C(c3cc(CCCC)cc(CCCCCC)c3)[N+]2=[N-])c1. The minimum absolute atomic E-state index is 0.952. The predicted molar refractivity (Wildman–Crippen MR) is 399 cm³/mol. The third-order valence-corrected chi connectivity index (χ3v) is 20.9. The maximum atomic E-state index is 11.9. The number of allylic oxidation sites excluding steroid dienone is 2. The van der Waals surface area contributed by atoms with E-state index in [9.17, 15) is 5.53 Å². The topological polar surface area (TPSA) is 25.3 Å². The Hall–Kier alpha value is -1.99. The van der Waals surface area contributed by atoms with Crippen molar-refractivity contribution in [3.63, 3.8) is 0 Å². The molecular weight excluding hydrogens is 1120 g/mol. The van der Waals surface area contributed by atoms with Gasteiger partial charge in [-0.15, -0.1) is 0 Å². The fourth-order valence-electron chi connectivity index (χ4n) is 13.5. The first-order valence-electron chi connectivity index (χ1n) is 40.6. The first-order valence-corrected chi connectivity index (χ1v) is 42.0. The smallest absolute Gasteiger partial charge is 0.493 e. The minimum Gasteiger partial charge on any atom is -0.493 e. The normalized spacial score (nSPS) is 12.5.